The minimum Gasteiger partial charge on any atom is -0.480 e. The Morgan fingerprint density at radius 2 is 1.79 bits per heavy atom. The van der Waals surface area contributed by atoms with Crippen LogP contribution in [0.5, 0.6) is 5.75 Å². The first-order chi connectivity index (χ1) is 10.9. The van der Waals surface area contributed by atoms with Crippen LogP contribution in [0.2, 0.25) is 0 Å². The second-order valence-corrected chi connectivity index (χ2v) is 4.65. The molecule has 134 valence electrons. The zero-order valence-electron chi connectivity index (χ0n) is 11.7. The fourth-order valence-electron chi connectivity index (χ4n) is 1.71. The fraction of sp³-hybridized carbons (Fsp3) is 0.385. The molecule has 0 saturated heterocycles. The molecule has 2 N–H and O–H groups in total. The van der Waals surface area contributed by atoms with Crippen molar-refractivity contribution in [2.75, 3.05) is 0 Å². The molecular weight excluding hydrogens is 348 g/mol. The van der Waals surface area contributed by atoms with Gasteiger partial charge in [0, 0.05) is 0 Å². The monoisotopic (exact) mass is 359 g/mol. The Balaban J connectivity index is 2.73. The van der Waals surface area contributed by atoms with Crippen molar-refractivity contribution in [2.45, 2.75) is 31.4 Å². The molecule has 0 spiro atoms. The molecule has 24 heavy (non-hydrogen) atoms. The lowest BCUT2D eigenvalue weighted by molar-refractivity contribution is -0.274. The standard InChI is InChI=1S/C13H11F6NO4/c14-12(15,16)6-9(11(22)23)20-10(21)5-7-2-1-3-8(4-7)24-13(17,18)19/h1-4,9H,5-6H2,(H,20,21)(H,22,23). The minimum atomic E-state index is -4.94. The third-order valence-electron chi connectivity index (χ3n) is 2.57. The Morgan fingerprint density at radius 3 is 2.29 bits per heavy atom. The van der Waals surface area contributed by atoms with E-state index in [1.165, 1.54) is 6.07 Å². The average Bonchev–Trinajstić information content (AvgIpc) is 2.34. The second kappa shape index (κ2) is 7.41. The smallest absolute Gasteiger partial charge is 0.480 e. The second-order valence-electron chi connectivity index (χ2n) is 4.65. The maximum absolute atomic E-state index is 12.2. The summed E-state index contributed by atoms with van der Waals surface area (Å²) in [6.45, 7) is 0. The highest BCUT2D eigenvalue weighted by molar-refractivity contribution is 5.84. The van der Waals surface area contributed by atoms with Crippen molar-refractivity contribution in [2.24, 2.45) is 0 Å². The van der Waals surface area contributed by atoms with E-state index in [0.29, 0.717) is 0 Å². The number of hydrogen-bond donors (Lipinski definition) is 2. The number of amides is 1. The number of carboxylic acid groups (broad SMARTS) is 1. The van der Waals surface area contributed by atoms with E-state index < -0.39 is 49.0 Å². The third-order valence-corrected chi connectivity index (χ3v) is 2.57. The van der Waals surface area contributed by atoms with Crippen molar-refractivity contribution in [3.63, 3.8) is 0 Å². The Kier molecular flexibility index (Phi) is 6.04. The Bertz CT molecular complexity index is 599. The van der Waals surface area contributed by atoms with Gasteiger partial charge in [0.2, 0.25) is 5.91 Å². The quantitative estimate of drug-likeness (QED) is 0.766. The van der Waals surface area contributed by atoms with Crippen molar-refractivity contribution in [3.05, 3.63) is 29.8 Å². The van der Waals surface area contributed by atoms with Gasteiger partial charge in [-0.1, -0.05) is 12.1 Å². The van der Waals surface area contributed by atoms with Crippen LogP contribution in [0.3, 0.4) is 0 Å². The van der Waals surface area contributed by atoms with Gasteiger partial charge < -0.3 is 15.2 Å². The van der Waals surface area contributed by atoms with Gasteiger partial charge in [0.05, 0.1) is 12.8 Å². The highest BCUT2D eigenvalue weighted by atomic mass is 19.4. The number of rotatable bonds is 6. The molecule has 1 atom stereocenters. The normalized spacial score (nSPS) is 13.2. The first-order valence-corrected chi connectivity index (χ1v) is 6.29. The average molecular weight is 359 g/mol. The van der Waals surface area contributed by atoms with Gasteiger partial charge in [0.15, 0.2) is 0 Å². The van der Waals surface area contributed by atoms with E-state index in [1.54, 1.807) is 5.32 Å². The molecule has 1 unspecified atom stereocenters. The third kappa shape index (κ3) is 7.70. The molecule has 0 aliphatic carbocycles. The van der Waals surface area contributed by atoms with Gasteiger partial charge in [0.1, 0.15) is 11.8 Å². The Morgan fingerprint density at radius 1 is 1.17 bits per heavy atom. The van der Waals surface area contributed by atoms with Crippen LogP contribution in [0.25, 0.3) is 0 Å². The molecule has 1 amide bonds. The van der Waals surface area contributed by atoms with Crippen molar-refractivity contribution < 1.29 is 45.8 Å². The van der Waals surface area contributed by atoms with E-state index in [4.69, 9.17) is 5.11 Å². The summed E-state index contributed by atoms with van der Waals surface area (Å²) in [5, 5.41) is 10.3. The van der Waals surface area contributed by atoms with Gasteiger partial charge >= 0.3 is 18.5 Å². The summed E-state index contributed by atoms with van der Waals surface area (Å²) in [5.41, 5.74) is 0.00500. The molecule has 1 aromatic rings. The van der Waals surface area contributed by atoms with E-state index in [2.05, 4.69) is 4.74 Å². The lowest BCUT2D eigenvalue weighted by Crippen LogP contribution is -2.44. The highest BCUT2D eigenvalue weighted by Gasteiger charge is 2.36. The van der Waals surface area contributed by atoms with E-state index in [-0.39, 0.29) is 5.56 Å². The number of ether oxygens (including phenoxy) is 1. The van der Waals surface area contributed by atoms with Crippen molar-refractivity contribution in [1.82, 2.24) is 5.32 Å². The molecule has 1 rings (SSSR count). The van der Waals surface area contributed by atoms with Crippen LogP contribution < -0.4 is 10.1 Å². The molecule has 5 nitrogen and oxygen atoms in total. The largest absolute Gasteiger partial charge is 0.573 e. The first kappa shape index (κ1) is 19.6. The number of carboxylic acids is 1. The molecule has 0 saturated carbocycles. The number of benzene rings is 1. The molecule has 0 aliphatic heterocycles. The predicted octanol–water partition coefficient (Wildman–Crippen LogP) is 2.65. The van der Waals surface area contributed by atoms with E-state index >= 15 is 0 Å². The summed E-state index contributed by atoms with van der Waals surface area (Å²) in [5.74, 6) is -3.58. The number of hydrogen-bond acceptors (Lipinski definition) is 3. The summed E-state index contributed by atoms with van der Waals surface area (Å²) in [6.07, 6.45) is -12.1. The summed E-state index contributed by atoms with van der Waals surface area (Å²) in [4.78, 5) is 22.3. The summed E-state index contributed by atoms with van der Waals surface area (Å²) < 4.78 is 76.5. The molecule has 1 aromatic carbocycles. The van der Waals surface area contributed by atoms with Gasteiger partial charge in [-0.2, -0.15) is 13.2 Å². The van der Waals surface area contributed by atoms with Crippen molar-refractivity contribution in [3.8, 4) is 5.75 Å². The molecule has 0 radical (unpaired) electrons. The fourth-order valence-corrected chi connectivity index (χ4v) is 1.71. The van der Waals surface area contributed by atoms with Gasteiger partial charge in [-0.05, 0) is 17.7 Å². The maximum Gasteiger partial charge on any atom is 0.573 e. The number of nitrogens with one attached hydrogen (secondary N) is 1. The van der Waals surface area contributed by atoms with E-state index in [0.717, 1.165) is 18.2 Å². The predicted molar refractivity (Wildman–Crippen MR) is 67.1 cm³/mol. The van der Waals surface area contributed by atoms with Crippen LogP contribution in [0.1, 0.15) is 12.0 Å². The van der Waals surface area contributed by atoms with Crippen LogP contribution in [-0.4, -0.2) is 35.6 Å². The van der Waals surface area contributed by atoms with Gasteiger partial charge in [0.25, 0.3) is 0 Å². The van der Waals surface area contributed by atoms with Crippen LogP contribution >= 0.6 is 0 Å². The molecular formula is C13H11F6NO4. The van der Waals surface area contributed by atoms with Crippen LogP contribution in [0, 0.1) is 0 Å². The van der Waals surface area contributed by atoms with Gasteiger partial charge in [-0.25, -0.2) is 4.79 Å². The Hall–Kier alpha value is -2.46. The molecule has 0 aromatic heterocycles. The summed E-state index contributed by atoms with van der Waals surface area (Å²) in [6, 6.07) is 2.04. The number of carbonyl (C=O) groups excluding carboxylic acids is 1. The zero-order chi connectivity index (χ0) is 18.5. The van der Waals surface area contributed by atoms with E-state index in [1.807, 2.05) is 0 Å². The zero-order valence-corrected chi connectivity index (χ0v) is 11.7. The number of carbonyl (C=O) groups is 2. The molecule has 0 heterocycles. The molecule has 0 bridgehead atoms. The molecule has 0 fully saturated rings. The van der Waals surface area contributed by atoms with Crippen LogP contribution in [0.15, 0.2) is 24.3 Å². The van der Waals surface area contributed by atoms with Gasteiger partial charge in [-0.3, -0.25) is 4.79 Å². The number of halogens is 6. The SMILES string of the molecule is O=C(Cc1cccc(OC(F)(F)F)c1)NC(CC(F)(F)F)C(=O)O. The van der Waals surface area contributed by atoms with Crippen LogP contribution in [0.4, 0.5) is 26.3 Å². The van der Waals surface area contributed by atoms with Crippen molar-refractivity contribution in [1.29, 1.82) is 0 Å². The number of alkyl halides is 6. The summed E-state index contributed by atoms with van der Waals surface area (Å²) >= 11 is 0. The maximum atomic E-state index is 12.2. The Labute approximate surface area is 131 Å². The van der Waals surface area contributed by atoms with E-state index in [9.17, 15) is 35.9 Å². The van der Waals surface area contributed by atoms with Gasteiger partial charge in [-0.15, -0.1) is 13.2 Å². The number of aliphatic carboxylic acids is 1. The lowest BCUT2D eigenvalue weighted by Gasteiger charge is -2.16. The minimum absolute atomic E-state index is 0.00500. The highest BCUT2D eigenvalue weighted by Crippen LogP contribution is 2.24. The summed E-state index contributed by atoms with van der Waals surface area (Å²) in [7, 11) is 0. The topological polar surface area (TPSA) is 75.6 Å². The van der Waals surface area contributed by atoms with Crippen molar-refractivity contribution >= 4 is 11.9 Å². The van der Waals surface area contributed by atoms with Crippen LogP contribution in [-0.2, 0) is 16.0 Å². The molecule has 11 heteroatoms. The first-order valence-electron chi connectivity index (χ1n) is 6.29. The molecule has 0 aliphatic rings. The lowest BCUT2D eigenvalue weighted by atomic mass is 10.1.